The van der Waals surface area contributed by atoms with Crippen LogP contribution in [0.1, 0.15) is 18.2 Å². The summed E-state index contributed by atoms with van der Waals surface area (Å²) >= 11 is 0. The van der Waals surface area contributed by atoms with Crippen LogP contribution in [0, 0.1) is 5.92 Å². The molecule has 1 aliphatic rings. The Kier molecular flexibility index (Phi) is 6.85. The van der Waals surface area contributed by atoms with Crippen molar-refractivity contribution in [2.45, 2.75) is 26.5 Å². The zero-order valence-electron chi connectivity index (χ0n) is 21.9. The Bertz CT molecular complexity index is 1660. The Morgan fingerprint density at radius 1 is 1.05 bits per heavy atom. The van der Waals surface area contributed by atoms with Gasteiger partial charge in [-0.05, 0) is 53.8 Å². The number of benzene rings is 3. The summed E-state index contributed by atoms with van der Waals surface area (Å²) in [5, 5.41) is 11.4. The maximum atomic E-state index is 12.1. The summed E-state index contributed by atoms with van der Waals surface area (Å²) in [4.78, 5) is 16.4. The van der Waals surface area contributed by atoms with Gasteiger partial charge in [0.15, 0.2) is 0 Å². The molecule has 0 atom stereocenters. The fourth-order valence-corrected chi connectivity index (χ4v) is 5.07. The van der Waals surface area contributed by atoms with E-state index in [0.29, 0.717) is 24.1 Å². The van der Waals surface area contributed by atoms with E-state index in [0.717, 1.165) is 63.7 Å². The largest absolute Gasteiger partial charge is 0.487 e. The average molecular weight is 522 g/mol. The topological polar surface area (TPSA) is 104 Å². The first-order valence-corrected chi connectivity index (χ1v) is 13.3. The van der Waals surface area contributed by atoms with Crippen molar-refractivity contribution in [1.29, 1.82) is 0 Å². The Hall–Kier alpha value is -4.43. The molecule has 0 saturated carbocycles. The molecule has 8 nitrogen and oxygen atoms in total. The first-order valence-electron chi connectivity index (χ1n) is 13.3. The van der Waals surface area contributed by atoms with Crippen molar-refractivity contribution in [3.63, 3.8) is 0 Å². The molecule has 8 heteroatoms. The lowest BCUT2D eigenvalue weighted by Crippen LogP contribution is -2.44. The van der Waals surface area contributed by atoms with Crippen molar-refractivity contribution in [3.05, 3.63) is 84.2 Å². The predicted molar refractivity (Wildman–Crippen MR) is 152 cm³/mol. The summed E-state index contributed by atoms with van der Waals surface area (Å²) in [5.74, 6) is 1.47. The van der Waals surface area contributed by atoms with Crippen LogP contribution in [-0.2, 0) is 29.1 Å². The number of nitrogen functional groups attached to an aromatic ring is 1. The number of rotatable bonds is 9. The number of para-hydroxylation sites is 1. The van der Waals surface area contributed by atoms with Crippen LogP contribution in [0.5, 0.6) is 5.75 Å². The molecule has 1 aliphatic heterocycles. The number of nitrogens with two attached hydrogens (primary N) is 1. The molecule has 1 saturated heterocycles. The first kappa shape index (κ1) is 24.9. The van der Waals surface area contributed by atoms with E-state index in [1.54, 1.807) is 13.1 Å². The monoisotopic (exact) mass is 521 g/mol. The predicted octanol–water partition coefficient (Wildman–Crippen LogP) is 4.74. The van der Waals surface area contributed by atoms with Crippen molar-refractivity contribution in [2.75, 3.05) is 25.4 Å². The van der Waals surface area contributed by atoms with Crippen molar-refractivity contribution in [3.8, 4) is 16.9 Å². The van der Waals surface area contributed by atoms with Crippen molar-refractivity contribution < 1.29 is 14.3 Å². The van der Waals surface area contributed by atoms with Crippen LogP contribution in [0.4, 0.5) is 5.82 Å². The van der Waals surface area contributed by atoms with E-state index in [2.05, 4.69) is 51.4 Å². The van der Waals surface area contributed by atoms with Gasteiger partial charge in [0.05, 0.1) is 18.5 Å². The van der Waals surface area contributed by atoms with Gasteiger partial charge < -0.3 is 20.5 Å². The molecule has 1 fully saturated rings. The van der Waals surface area contributed by atoms with Gasteiger partial charge in [0, 0.05) is 48.1 Å². The second kappa shape index (κ2) is 10.7. The van der Waals surface area contributed by atoms with Gasteiger partial charge in [-0.2, -0.15) is 5.10 Å². The normalized spacial score (nSPS) is 13.5. The van der Waals surface area contributed by atoms with Gasteiger partial charge in [-0.15, -0.1) is 0 Å². The molecule has 0 amide bonds. The first-order chi connectivity index (χ1) is 19.1. The van der Waals surface area contributed by atoms with E-state index >= 15 is 0 Å². The van der Waals surface area contributed by atoms with Crippen molar-refractivity contribution >= 4 is 33.5 Å². The standard InChI is InChI=1S/C31H31N5O3/c1-2-38-30(37)15-24-5-3-4-6-29(24)39-19-27-26-14-23(9-10-28(26)36(35-27)18-20-16-33-17-20)22-8-7-21-11-12-34-31(32)25(21)13-22/h3-14,20,33H,2,15-19H2,1H3,(H2,32,34). The quantitative estimate of drug-likeness (QED) is 0.270. The highest BCUT2D eigenvalue weighted by Crippen LogP contribution is 2.31. The molecule has 5 aromatic rings. The molecule has 3 heterocycles. The zero-order chi connectivity index (χ0) is 26.8. The number of aromatic nitrogens is 3. The number of anilines is 1. The number of carbonyl (C=O) groups is 1. The number of esters is 1. The maximum Gasteiger partial charge on any atom is 0.310 e. The molecule has 6 rings (SSSR count). The minimum absolute atomic E-state index is 0.165. The van der Waals surface area contributed by atoms with Crippen LogP contribution in [0.15, 0.2) is 72.9 Å². The van der Waals surface area contributed by atoms with Crippen LogP contribution < -0.4 is 15.8 Å². The molecule has 0 bridgehead atoms. The number of ether oxygens (including phenoxy) is 2. The van der Waals surface area contributed by atoms with Gasteiger partial charge in [-0.1, -0.05) is 36.4 Å². The van der Waals surface area contributed by atoms with Gasteiger partial charge >= 0.3 is 5.97 Å². The smallest absolute Gasteiger partial charge is 0.310 e. The van der Waals surface area contributed by atoms with Crippen LogP contribution in [-0.4, -0.2) is 40.4 Å². The molecule has 0 radical (unpaired) electrons. The summed E-state index contributed by atoms with van der Waals surface area (Å²) in [6.45, 7) is 5.28. The van der Waals surface area contributed by atoms with Crippen LogP contribution in [0.3, 0.4) is 0 Å². The third kappa shape index (κ3) is 5.15. The molecule has 3 N–H and O–H groups in total. The number of pyridine rings is 1. The van der Waals surface area contributed by atoms with Crippen LogP contribution >= 0.6 is 0 Å². The summed E-state index contributed by atoms with van der Waals surface area (Å²) in [6.07, 6.45) is 1.89. The zero-order valence-corrected chi connectivity index (χ0v) is 21.9. The third-order valence-electron chi connectivity index (χ3n) is 7.23. The molecule has 3 aromatic carbocycles. The highest BCUT2D eigenvalue weighted by atomic mass is 16.5. The Morgan fingerprint density at radius 3 is 2.64 bits per heavy atom. The second-order valence-corrected chi connectivity index (χ2v) is 9.90. The molecule has 0 aliphatic carbocycles. The summed E-state index contributed by atoms with van der Waals surface area (Å²) in [6, 6.07) is 22.3. The summed E-state index contributed by atoms with van der Waals surface area (Å²) in [7, 11) is 0. The lowest BCUT2D eigenvalue weighted by molar-refractivity contribution is -0.142. The van der Waals surface area contributed by atoms with Gasteiger partial charge in [0.1, 0.15) is 23.9 Å². The number of hydrogen-bond acceptors (Lipinski definition) is 7. The average Bonchev–Trinajstić information content (AvgIpc) is 3.27. The lowest BCUT2D eigenvalue weighted by atomic mass is 10.00. The molecular formula is C31H31N5O3. The number of nitrogens with one attached hydrogen (secondary N) is 1. The molecule has 39 heavy (non-hydrogen) atoms. The number of carbonyl (C=O) groups excluding carboxylic acids is 1. The van der Waals surface area contributed by atoms with E-state index in [4.69, 9.17) is 20.3 Å². The molecular weight excluding hydrogens is 490 g/mol. The summed E-state index contributed by atoms with van der Waals surface area (Å²) < 4.78 is 13.5. The van der Waals surface area contributed by atoms with E-state index < -0.39 is 0 Å². The second-order valence-electron chi connectivity index (χ2n) is 9.90. The SMILES string of the molecule is CCOC(=O)Cc1ccccc1OCc1nn(CC2CNC2)c2ccc(-c3ccc4ccnc(N)c4c3)cc12. The molecule has 0 unspecified atom stereocenters. The highest BCUT2D eigenvalue weighted by molar-refractivity contribution is 5.95. The number of fused-ring (bicyclic) bond motifs is 2. The van der Waals surface area contributed by atoms with E-state index in [9.17, 15) is 4.79 Å². The Morgan fingerprint density at radius 2 is 1.85 bits per heavy atom. The van der Waals surface area contributed by atoms with Gasteiger partial charge in [0.2, 0.25) is 0 Å². The minimum atomic E-state index is -0.270. The van der Waals surface area contributed by atoms with Crippen LogP contribution in [0.2, 0.25) is 0 Å². The van der Waals surface area contributed by atoms with E-state index in [1.165, 1.54) is 0 Å². The summed E-state index contributed by atoms with van der Waals surface area (Å²) in [5.41, 5.74) is 11.0. The molecule has 0 spiro atoms. The van der Waals surface area contributed by atoms with E-state index in [1.807, 2.05) is 30.3 Å². The van der Waals surface area contributed by atoms with Gasteiger partial charge in [0.25, 0.3) is 0 Å². The minimum Gasteiger partial charge on any atom is -0.487 e. The lowest BCUT2D eigenvalue weighted by Gasteiger charge is -2.27. The molecule has 198 valence electrons. The maximum absolute atomic E-state index is 12.1. The molecule has 2 aromatic heterocycles. The highest BCUT2D eigenvalue weighted by Gasteiger charge is 2.21. The fraction of sp³-hybridized carbons (Fsp3) is 0.258. The number of hydrogen-bond donors (Lipinski definition) is 2. The van der Waals surface area contributed by atoms with Crippen molar-refractivity contribution in [2.24, 2.45) is 5.92 Å². The van der Waals surface area contributed by atoms with Gasteiger partial charge in [-0.3, -0.25) is 9.48 Å². The Labute approximate surface area is 226 Å². The van der Waals surface area contributed by atoms with Crippen molar-refractivity contribution in [1.82, 2.24) is 20.1 Å². The van der Waals surface area contributed by atoms with E-state index in [-0.39, 0.29) is 19.0 Å². The fourth-order valence-electron chi connectivity index (χ4n) is 5.07. The Balaban J connectivity index is 1.34. The third-order valence-corrected chi connectivity index (χ3v) is 7.23. The van der Waals surface area contributed by atoms with Crippen LogP contribution in [0.25, 0.3) is 32.8 Å². The number of nitrogens with zero attached hydrogens (tertiary/aromatic N) is 3. The van der Waals surface area contributed by atoms with Gasteiger partial charge in [-0.25, -0.2) is 4.98 Å².